The van der Waals surface area contributed by atoms with Gasteiger partial charge >= 0.3 is 6.18 Å². The first kappa shape index (κ1) is 17.4. The number of alkyl halides is 3. The van der Waals surface area contributed by atoms with Crippen LogP contribution in [0.25, 0.3) is 16.2 Å². The highest BCUT2D eigenvalue weighted by atomic mass is 32.1. The Morgan fingerprint density at radius 2 is 2.00 bits per heavy atom. The first-order chi connectivity index (χ1) is 11.6. The minimum absolute atomic E-state index is 0.00108. The second kappa shape index (κ2) is 5.83. The Hall–Kier alpha value is -2.42. The van der Waals surface area contributed by atoms with Gasteiger partial charge in [0.15, 0.2) is 11.3 Å². The van der Waals surface area contributed by atoms with Crippen LogP contribution < -0.4 is 5.32 Å². The molecule has 0 aliphatic rings. The molecule has 132 valence electrons. The topological polar surface area (TPSA) is 59.3 Å². The van der Waals surface area contributed by atoms with Crippen molar-refractivity contribution in [1.82, 2.24) is 19.9 Å². The Labute approximate surface area is 145 Å². The zero-order valence-corrected chi connectivity index (χ0v) is 14.5. The molecule has 3 aromatic heterocycles. The highest BCUT2D eigenvalue weighted by Crippen LogP contribution is 2.33. The Morgan fingerprint density at radius 3 is 2.56 bits per heavy atom. The van der Waals surface area contributed by atoms with Gasteiger partial charge in [0.2, 0.25) is 0 Å². The summed E-state index contributed by atoms with van der Waals surface area (Å²) >= 11 is 1.27. The van der Waals surface area contributed by atoms with E-state index in [1.807, 2.05) is 0 Å². The van der Waals surface area contributed by atoms with Gasteiger partial charge in [-0.1, -0.05) is 6.07 Å². The molecule has 1 N–H and O–H groups in total. The molecule has 3 heterocycles. The molecule has 0 bridgehead atoms. The standard InChI is InChI=1S/C16H15F3N4OS/c1-15(2,3)22-14(24)9-8-20-23-12(16(17,18)19)7-10(21-13(9)23)11-5-4-6-25-11/h4-8H,1-3H3,(H,22,24). The van der Waals surface area contributed by atoms with E-state index in [0.29, 0.717) is 9.39 Å². The van der Waals surface area contributed by atoms with Crippen LogP contribution in [-0.2, 0) is 6.18 Å². The predicted molar refractivity (Wildman–Crippen MR) is 88.5 cm³/mol. The molecule has 0 aliphatic heterocycles. The van der Waals surface area contributed by atoms with Gasteiger partial charge in [-0.2, -0.15) is 18.3 Å². The van der Waals surface area contributed by atoms with Gasteiger partial charge in [-0.25, -0.2) is 9.50 Å². The molecule has 0 unspecified atom stereocenters. The van der Waals surface area contributed by atoms with Gasteiger partial charge in [-0.15, -0.1) is 11.3 Å². The summed E-state index contributed by atoms with van der Waals surface area (Å²) in [6.07, 6.45) is -3.52. The van der Waals surface area contributed by atoms with E-state index < -0.39 is 23.3 Å². The van der Waals surface area contributed by atoms with Crippen LogP contribution in [0.1, 0.15) is 36.8 Å². The van der Waals surface area contributed by atoms with Gasteiger partial charge < -0.3 is 5.32 Å². The molecule has 0 saturated heterocycles. The van der Waals surface area contributed by atoms with E-state index in [-0.39, 0.29) is 16.9 Å². The number of nitrogens with zero attached hydrogens (tertiary/aromatic N) is 3. The van der Waals surface area contributed by atoms with Crippen molar-refractivity contribution in [2.75, 3.05) is 0 Å². The molecule has 0 fully saturated rings. The SMILES string of the molecule is CC(C)(C)NC(=O)c1cnn2c(C(F)(F)F)cc(-c3cccs3)nc12. The fourth-order valence-corrected chi connectivity index (χ4v) is 2.97. The molecular weight excluding hydrogens is 353 g/mol. The Balaban J connectivity index is 2.22. The summed E-state index contributed by atoms with van der Waals surface area (Å²) in [5, 5.41) is 8.20. The minimum Gasteiger partial charge on any atom is -0.347 e. The van der Waals surface area contributed by atoms with Crippen molar-refractivity contribution >= 4 is 22.9 Å². The molecule has 1 amide bonds. The number of hydrogen-bond donors (Lipinski definition) is 1. The predicted octanol–water partition coefficient (Wildman–Crippen LogP) is 4.00. The minimum atomic E-state index is -4.63. The van der Waals surface area contributed by atoms with Crippen molar-refractivity contribution in [3.63, 3.8) is 0 Å². The third-order valence-electron chi connectivity index (χ3n) is 3.27. The van der Waals surface area contributed by atoms with Gasteiger partial charge in [0.1, 0.15) is 5.56 Å². The molecule has 0 atom stereocenters. The van der Waals surface area contributed by atoms with E-state index in [2.05, 4.69) is 15.4 Å². The van der Waals surface area contributed by atoms with Crippen molar-refractivity contribution < 1.29 is 18.0 Å². The summed E-state index contributed by atoms with van der Waals surface area (Å²) in [5.74, 6) is -0.522. The summed E-state index contributed by atoms with van der Waals surface area (Å²) in [7, 11) is 0. The molecule has 0 aliphatic carbocycles. The van der Waals surface area contributed by atoms with Gasteiger partial charge in [0.05, 0.1) is 16.8 Å². The smallest absolute Gasteiger partial charge is 0.347 e. The number of nitrogens with one attached hydrogen (secondary N) is 1. The number of halogens is 3. The Bertz CT molecular complexity index is 923. The lowest BCUT2D eigenvalue weighted by Crippen LogP contribution is -2.40. The van der Waals surface area contributed by atoms with Crippen LogP contribution >= 0.6 is 11.3 Å². The van der Waals surface area contributed by atoms with E-state index in [9.17, 15) is 18.0 Å². The lowest BCUT2D eigenvalue weighted by molar-refractivity contribution is -0.142. The monoisotopic (exact) mass is 368 g/mol. The van der Waals surface area contributed by atoms with Gasteiger partial charge in [-0.3, -0.25) is 4.79 Å². The fourth-order valence-electron chi connectivity index (χ4n) is 2.28. The van der Waals surface area contributed by atoms with Crippen LogP contribution in [-0.4, -0.2) is 26.0 Å². The van der Waals surface area contributed by atoms with Crippen molar-refractivity contribution in [3.8, 4) is 10.6 Å². The first-order valence-corrected chi connectivity index (χ1v) is 8.26. The largest absolute Gasteiger partial charge is 0.433 e. The number of hydrogen-bond acceptors (Lipinski definition) is 4. The molecule has 0 saturated carbocycles. The third-order valence-corrected chi connectivity index (χ3v) is 4.16. The van der Waals surface area contributed by atoms with Crippen molar-refractivity contribution in [2.24, 2.45) is 0 Å². The fraction of sp³-hybridized carbons (Fsp3) is 0.312. The second-order valence-electron chi connectivity index (χ2n) is 6.50. The molecule has 0 radical (unpaired) electrons. The Kier molecular flexibility index (Phi) is 4.06. The molecular formula is C16H15F3N4OS. The van der Waals surface area contributed by atoms with Crippen LogP contribution in [0.15, 0.2) is 29.8 Å². The Morgan fingerprint density at radius 1 is 1.28 bits per heavy atom. The maximum atomic E-state index is 13.4. The molecule has 25 heavy (non-hydrogen) atoms. The number of carbonyl (C=O) groups is 1. The van der Waals surface area contributed by atoms with Crippen LogP contribution in [0.2, 0.25) is 0 Å². The number of thiophene rings is 1. The van der Waals surface area contributed by atoms with Gasteiger partial charge in [0.25, 0.3) is 5.91 Å². The van der Waals surface area contributed by atoms with Gasteiger partial charge in [-0.05, 0) is 38.3 Å². The van der Waals surface area contributed by atoms with Crippen LogP contribution in [0.5, 0.6) is 0 Å². The van der Waals surface area contributed by atoms with Crippen molar-refractivity contribution in [2.45, 2.75) is 32.5 Å². The summed E-state index contributed by atoms with van der Waals surface area (Å²) in [4.78, 5) is 17.2. The average molecular weight is 368 g/mol. The van der Waals surface area contributed by atoms with Crippen LogP contribution in [0.4, 0.5) is 13.2 Å². The number of amides is 1. The summed E-state index contributed by atoms with van der Waals surface area (Å²) in [5.41, 5.74) is -1.49. The number of aromatic nitrogens is 3. The lowest BCUT2D eigenvalue weighted by atomic mass is 10.1. The molecule has 5 nitrogen and oxygen atoms in total. The first-order valence-electron chi connectivity index (χ1n) is 7.38. The van der Waals surface area contributed by atoms with E-state index >= 15 is 0 Å². The van der Waals surface area contributed by atoms with Crippen molar-refractivity contribution in [1.29, 1.82) is 0 Å². The van der Waals surface area contributed by atoms with E-state index in [4.69, 9.17) is 0 Å². The lowest BCUT2D eigenvalue weighted by Gasteiger charge is -2.20. The number of rotatable bonds is 2. The summed E-state index contributed by atoms with van der Waals surface area (Å²) in [6, 6.07) is 4.34. The third kappa shape index (κ3) is 3.51. The van der Waals surface area contributed by atoms with E-state index in [1.165, 1.54) is 11.3 Å². The van der Waals surface area contributed by atoms with Gasteiger partial charge in [0, 0.05) is 5.54 Å². The summed E-state index contributed by atoms with van der Waals surface area (Å²) in [6.45, 7) is 5.34. The zero-order valence-electron chi connectivity index (χ0n) is 13.7. The van der Waals surface area contributed by atoms with Crippen LogP contribution in [0, 0.1) is 0 Å². The van der Waals surface area contributed by atoms with Crippen molar-refractivity contribution in [3.05, 3.63) is 41.0 Å². The maximum absolute atomic E-state index is 13.4. The highest BCUT2D eigenvalue weighted by Gasteiger charge is 2.36. The normalized spacial score (nSPS) is 12.6. The second-order valence-corrected chi connectivity index (χ2v) is 7.45. The number of carbonyl (C=O) groups excluding carboxylic acids is 1. The zero-order chi connectivity index (χ0) is 18.4. The molecule has 0 aromatic carbocycles. The highest BCUT2D eigenvalue weighted by molar-refractivity contribution is 7.13. The summed E-state index contributed by atoms with van der Waals surface area (Å²) < 4.78 is 41.0. The molecule has 3 rings (SSSR count). The average Bonchev–Trinajstić information content (AvgIpc) is 3.12. The quantitative estimate of drug-likeness (QED) is 0.744. The van der Waals surface area contributed by atoms with E-state index in [0.717, 1.165) is 12.3 Å². The molecule has 0 spiro atoms. The van der Waals surface area contributed by atoms with Crippen LogP contribution in [0.3, 0.4) is 0 Å². The maximum Gasteiger partial charge on any atom is 0.433 e. The molecule has 3 aromatic rings. The molecule has 9 heteroatoms. The van der Waals surface area contributed by atoms with E-state index in [1.54, 1.807) is 38.3 Å². The number of fused-ring (bicyclic) bond motifs is 1.